The van der Waals surface area contributed by atoms with Gasteiger partial charge in [-0.3, -0.25) is 14.7 Å². The van der Waals surface area contributed by atoms with Gasteiger partial charge in [0.15, 0.2) is 0 Å². The molecule has 6 heteroatoms. The van der Waals surface area contributed by atoms with Crippen LogP contribution in [0.1, 0.15) is 29.9 Å². The third kappa shape index (κ3) is 5.65. The number of amides is 1. The van der Waals surface area contributed by atoms with E-state index in [1.807, 2.05) is 66.7 Å². The summed E-state index contributed by atoms with van der Waals surface area (Å²) in [6.07, 6.45) is 1.74. The van der Waals surface area contributed by atoms with Crippen molar-refractivity contribution in [2.45, 2.75) is 26.5 Å². The number of anilines is 2. The van der Waals surface area contributed by atoms with Crippen molar-refractivity contribution in [3.05, 3.63) is 84.2 Å². The number of carbonyl (C=O) groups is 1. The number of hydrogen-bond donors (Lipinski definition) is 1. The standard InChI is InChI=1S/C26H30N4O2/c1-20(2)29-14-16-30(17-15-29)24-11-9-21(10-12-24)26(31)28-22-7-5-8-25(18-22)32-19-23-6-3-4-13-27-23/h3-13,18,20H,14-17,19H2,1-2H3,(H,28,31). The molecule has 1 aromatic heterocycles. The smallest absolute Gasteiger partial charge is 0.255 e. The van der Waals surface area contributed by atoms with Crippen molar-refractivity contribution < 1.29 is 9.53 Å². The molecule has 0 unspecified atom stereocenters. The number of hydrogen-bond acceptors (Lipinski definition) is 5. The van der Waals surface area contributed by atoms with Gasteiger partial charge >= 0.3 is 0 Å². The number of aromatic nitrogens is 1. The summed E-state index contributed by atoms with van der Waals surface area (Å²) in [5, 5.41) is 2.96. The minimum atomic E-state index is -0.136. The topological polar surface area (TPSA) is 57.7 Å². The summed E-state index contributed by atoms with van der Waals surface area (Å²) in [7, 11) is 0. The first kappa shape index (κ1) is 21.8. The molecule has 166 valence electrons. The Labute approximate surface area is 189 Å². The molecule has 0 saturated carbocycles. The summed E-state index contributed by atoms with van der Waals surface area (Å²) >= 11 is 0. The van der Waals surface area contributed by atoms with E-state index in [-0.39, 0.29) is 5.91 Å². The van der Waals surface area contributed by atoms with Gasteiger partial charge in [-0.2, -0.15) is 0 Å². The average molecular weight is 431 g/mol. The summed E-state index contributed by atoms with van der Waals surface area (Å²) < 4.78 is 5.80. The highest BCUT2D eigenvalue weighted by molar-refractivity contribution is 6.04. The van der Waals surface area contributed by atoms with E-state index in [0.29, 0.717) is 29.6 Å². The molecule has 2 aromatic carbocycles. The number of benzene rings is 2. The van der Waals surface area contributed by atoms with E-state index < -0.39 is 0 Å². The van der Waals surface area contributed by atoms with Crippen LogP contribution in [0.4, 0.5) is 11.4 Å². The maximum Gasteiger partial charge on any atom is 0.255 e. The lowest BCUT2D eigenvalue weighted by Crippen LogP contribution is -2.48. The summed E-state index contributed by atoms with van der Waals surface area (Å²) in [6.45, 7) is 9.02. The van der Waals surface area contributed by atoms with Crippen LogP contribution in [0.25, 0.3) is 0 Å². The minimum Gasteiger partial charge on any atom is -0.487 e. The van der Waals surface area contributed by atoms with Gasteiger partial charge < -0.3 is 15.0 Å². The fourth-order valence-corrected chi connectivity index (χ4v) is 3.83. The van der Waals surface area contributed by atoms with E-state index in [9.17, 15) is 4.79 Å². The quantitative estimate of drug-likeness (QED) is 0.600. The number of rotatable bonds is 7. The van der Waals surface area contributed by atoms with Gasteiger partial charge in [-0.15, -0.1) is 0 Å². The van der Waals surface area contributed by atoms with Crippen molar-refractivity contribution in [1.29, 1.82) is 0 Å². The second kappa shape index (κ2) is 10.3. The van der Waals surface area contributed by atoms with Crippen LogP contribution in [-0.4, -0.2) is 48.0 Å². The molecular formula is C26H30N4O2. The molecule has 4 rings (SSSR count). The van der Waals surface area contributed by atoms with E-state index in [2.05, 4.69) is 33.9 Å². The van der Waals surface area contributed by atoms with E-state index in [1.165, 1.54) is 0 Å². The molecule has 6 nitrogen and oxygen atoms in total. The Hall–Kier alpha value is -3.38. The van der Waals surface area contributed by atoms with Crippen molar-refractivity contribution in [2.24, 2.45) is 0 Å². The number of nitrogens with zero attached hydrogens (tertiary/aromatic N) is 3. The third-order valence-electron chi connectivity index (χ3n) is 5.74. The number of carbonyl (C=O) groups excluding carboxylic acids is 1. The van der Waals surface area contributed by atoms with Crippen molar-refractivity contribution in [3.8, 4) is 5.75 Å². The minimum absolute atomic E-state index is 0.136. The van der Waals surface area contributed by atoms with Gasteiger partial charge in [0.2, 0.25) is 0 Å². The van der Waals surface area contributed by atoms with Crippen LogP contribution >= 0.6 is 0 Å². The Balaban J connectivity index is 1.33. The van der Waals surface area contributed by atoms with Crippen LogP contribution in [0.2, 0.25) is 0 Å². The highest BCUT2D eigenvalue weighted by Gasteiger charge is 2.19. The first-order valence-electron chi connectivity index (χ1n) is 11.1. The Morgan fingerprint density at radius 1 is 1.00 bits per heavy atom. The van der Waals surface area contributed by atoms with Gasteiger partial charge in [0.1, 0.15) is 12.4 Å². The molecule has 1 fully saturated rings. The van der Waals surface area contributed by atoms with Crippen molar-refractivity contribution in [1.82, 2.24) is 9.88 Å². The molecule has 0 aliphatic carbocycles. The molecule has 1 aliphatic rings. The molecule has 0 spiro atoms. The lowest BCUT2D eigenvalue weighted by molar-refractivity contribution is 0.102. The summed E-state index contributed by atoms with van der Waals surface area (Å²) in [4.78, 5) is 21.9. The predicted octanol–water partition coefficient (Wildman–Crippen LogP) is 4.44. The van der Waals surface area contributed by atoms with Crippen LogP contribution in [0.5, 0.6) is 5.75 Å². The highest BCUT2D eigenvalue weighted by Crippen LogP contribution is 2.21. The zero-order valence-electron chi connectivity index (χ0n) is 18.7. The van der Waals surface area contributed by atoms with E-state index in [1.54, 1.807) is 6.20 Å². The fourth-order valence-electron chi connectivity index (χ4n) is 3.83. The highest BCUT2D eigenvalue weighted by atomic mass is 16.5. The third-order valence-corrected chi connectivity index (χ3v) is 5.74. The normalized spacial score (nSPS) is 14.4. The first-order valence-corrected chi connectivity index (χ1v) is 11.1. The summed E-state index contributed by atoms with van der Waals surface area (Å²) in [6, 6.07) is 21.6. The van der Waals surface area contributed by atoms with Gasteiger partial charge in [0.25, 0.3) is 5.91 Å². The van der Waals surface area contributed by atoms with Gasteiger partial charge in [-0.1, -0.05) is 12.1 Å². The maximum absolute atomic E-state index is 12.7. The number of ether oxygens (including phenoxy) is 1. The zero-order chi connectivity index (χ0) is 22.3. The lowest BCUT2D eigenvalue weighted by Gasteiger charge is -2.38. The Bertz CT molecular complexity index is 1010. The van der Waals surface area contributed by atoms with Crippen LogP contribution in [0.15, 0.2) is 72.9 Å². The van der Waals surface area contributed by atoms with Gasteiger partial charge in [-0.05, 0) is 62.4 Å². The van der Waals surface area contributed by atoms with Crippen molar-refractivity contribution in [2.75, 3.05) is 36.4 Å². The lowest BCUT2D eigenvalue weighted by atomic mass is 10.1. The van der Waals surface area contributed by atoms with Crippen molar-refractivity contribution >= 4 is 17.3 Å². The Morgan fingerprint density at radius 3 is 2.47 bits per heavy atom. The molecule has 32 heavy (non-hydrogen) atoms. The van der Waals surface area contributed by atoms with Crippen LogP contribution in [0.3, 0.4) is 0 Å². The maximum atomic E-state index is 12.7. The number of pyridine rings is 1. The molecule has 0 bridgehead atoms. The van der Waals surface area contributed by atoms with E-state index in [0.717, 1.165) is 37.6 Å². The molecule has 1 saturated heterocycles. The van der Waals surface area contributed by atoms with E-state index in [4.69, 9.17) is 4.74 Å². The number of nitrogens with one attached hydrogen (secondary N) is 1. The summed E-state index contributed by atoms with van der Waals surface area (Å²) in [5.41, 5.74) is 3.35. The van der Waals surface area contributed by atoms with E-state index >= 15 is 0 Å². The molecule has 3 aromatic rings. The van der Waals surface area contributed by atoms with Crippen LogP contribution in [-0.2, 0) is 6.61 Å². The van der Waals surface area contributed by atoms with Crippen LogP contribution in [0, 0.1) is 0 Å². The zero-order valence-corrected chi connectivity index (χ0v) is 18.7. The fraction of sp³-hybridized carbons (Fsp3) is 0.308. The first-order chi connectivity index (χ1) is 15.6. The number of piperazine rings is 1. The SMILES string of the molecule is CC(C)N1CCN(c2ccc(C(=O)Nc3cccc(OCc4ccccn4)c3)cc2)CC1. The predicted molar refractivity (Wildman–Crippen MR) is 128 cm³/mol. The second-order valence-corrected chi connectivity index (χ2v) is 8.26. The molecule has 0 atom stereocenters. The summed E-state index contributed by atoms with van der Waals surface area (Å²) in [5.74, 6) is 0.549. The van der Waals surface area contributed by atoms with Gasteiger partial charge in [-0.25, -0.2) is 0 Å². The van der Waals surface area contributed by atoms with Gasteiger partial charge in [0, 0.05) is 61.4 Å². The largest absolute Gasteiger partial charge is 0.487 e. The molecular weight excluding hydrogens is 400 g/mol. The average Bonchev–Trinajstić information content (AvgIpc) is 2.84. The molecule has 1 amide bonds. The molecule has 1 aliphatic heterocycles. The van der Waals surface area contributed by atoms with Crippen molar-refractivity contribution in [3.63, 3.8) is 0 Å². The van der Waals surface area contributed by atoms with Crippen LogP contribution < -0.4 is 15.0 Å². The monoisotopic (exact) mass is 430 g/mol. The Kier molecular flexibility index (Phi) is 7.02. The molecule has 0 radical (unpaired) electrons. The molecule has 1 N–H and O–H groups in total. The molecule has 2 heterocycles. The Morgan fingerprint density at radius 2 is 1.78 bits per heavy atom. The second-order valence-electron chi connectivity index (χ2n) is 8.26. The van der Waals surface area contributed by atoms with Gasteiger partial charge in [0.05, 0.1) is 5.69 Å².